The van der Waals surface area contributed by atoms with E-state index in [1.165, 1.54) is 6.07 Å². The van der Waals surface area contributed by atoms with Gasteiger partial charge in [0.05, 0.1) is 0 Å². The molecule has 0 amide bonds. The van der Waals surface area contributed by atoms with Crippen molar-refractivity contribution in [2.24, 2.45) is 0 Å². The maximum atomic E-state index is 14.5. The number of rotatable bonds is 10. The predicted octanol–water partition coefficient (Wildman–Crippen LogP) is 6.16. The fourth-order valence-corrected chi connectivity index (χ4v) is 19.4. The van der Waals surface area contributed by atoms with Gasteiger partial charge in [0.15, 0.2) is 0 Å². The zero-order valence-corrected chi connectivity index (χ0v) is 17.0. The summed E-state index contributed by atoms with van der Waals surface area (Å²) in [5.41, 5.74) is 0. The number of hydrogen-bond acceptors (Lipinski definition) is 0. The second-order valence-corrected chi connectivity index (χ2v) is 19.5. The normalized spacial score (nSPS) is 11.9. The molecule has 1 aromatic carbocycles. The summed E-state index contributed by atoms with van der Waals surface area (Å²) in [7, 11) is 0. The summed E-state index contributed by atoms with van der Waals surface area (Å²) >= 11 is -3.01. The van der Waals surface area contributed by atoms with Crippen LogP contribution < -0.4 is 3.58 Å². The van der Waals surface area contributed by atoms with Crippen LogP contribution in [0.4, 0.5) is 13.2 Å². The van der Waals surface area contributed by atoms with Crippen LogP contribution >= 0.6 is 0 Å². The molecule has 0 fully saturated rings. The molecule has 0 atom stereocenters. The Labute approximate surface area is 137 Å². The van der Waals surface area contributed by atoms with Crippen molar-refractivity contribution in [3.63, 3.8) is 0 Å². The van der Waals surface area contributed by atoms with Crippen molar-refractivity contribution in [3.8, 4) is 0 Å². The van der Waals surface area contributed by atoms with E-state index in [1.807, 2.05) is 0 Å². The van der Waals surface area contributed by atoms with Gasteiger partial charge in [0, 0.05) is 0 Å². The van der Waals surface area contributed by atoms with Gasteiger partial charge in [0.1, 0.15) is 0 Å². The van der Waals surface area contributed by atoms with Crippen LogP contribution in [0.2, 0.25) is 13.3 Å². The van der Waals surface area contributed by atoms with Gasteiger partial charge in [-0.1, -0.05) is 0 Å². The molecule has 0 spiro atoms. The summed E-state index contributed by atoms with van der Waals surface area (Å²) in [4.78, 5) is 0. The van der Waals surface area contributed by atoms with Gasteiger partial charge in [-0.2, -0.15) is 0 Å². The Morgan fingerprint density at radius 1 is 0.682 bits per heavy atom. The third-order valence-electron chi connectivity index (χ3n) is 4.61. The molecule has 126 valence electrons. The quantitative estimate of drug-likeness (QED) is 0.314. The average Bonchev–Trinajstić information content (AvgIpc) is 2.51. The van der Waals surface area contributed by atoms with Crippen LogP contribution in [0.1, 0.15) is 59.3 Å². The first kappa shape index (κ1) is 19.9. The van der Waals surface area contributed by atoms with Crippen LogP contribution in [0.3, 0.4) is 0 Å². The van der Waals surface area contributed by atoms with Crippen molar-refractivity contribution in [1.82, 2.24) is 0 Å². The second-order valence-electron chi connectivity index (χ2n) is 6.34. The molecule has 4 heteroatoms. The molecule has 0 aliphatic rings. The van der Waals surface area contributed by atoms with Gasteiger partial charge in [-0.15, -0.1) is 0 Å². The zero-order valence-electron chi connectivity index (χ0n) is 14.2. The number of unbranched alkanes of at least 4 members (excludes halogenated alkanes) is 3. The van der Waals surface area contributed by atoms with Crippen molar-refractivity contribution >= 4 is 22.0 Å². The Hall–Kier alpha value is -0.191. The summed E-state index contributed by atoms with van der Waals surface area (Å²) in [6, 6.07) is 1.96. The van der Waals surface area contributed by atoms with Crippen molar-refractivity contribution in [2.45, 2.75) is 72.6 Å². The molecule has 0 saturated carbocycles. The zero-order chi connectivity index (χ0) is 16.6. The monoisotopic (exact) mass is 422 g/mol. The first-order valence-corrected chi connectivity index (χ1v) is 16.1. The van der Waals surface area contributed by atoms with E-state index in [9.17, 15) is 13.2 Å². The molecule has 1 aromatic rings. The van der Waals surface area contributed by atoms with E-state index < -0.39 is 35.8 Å². The first-order valence-electron chi connectivity index (χ1n) is 8.65. The molecule has 0 radical (unpaired) electrons. The van der Waals surface area contributed by atoms with Gasteiger partial charge in [0.2, 0.25) is 0 Å². The average molecular weight is 421 g/mol. The standard InChI is InChI=1S/C6H2F3.3C4H9.Sn/c7-4-1-2-5(8)6(9)3-4;3*1-3-4-2;/h2-3H;3*1,3-4H2,2H3;. The van der Waals surface area contributed by atoms with Gasteiger partial charge in [0.25, 0.3) is 0 Å². The molecule has 0 bridgehead atoms. The van der Waals surface area contributed by atoms with Gasteiger partial charge in [-0.3, -0.25) is 0 Å². The van der Waals surface area contributed by atoms with Crippen molar-refractivity contribution < 1.29 is 13.2 Å². The van der Waals surface area contributed by atoms with Crippen molar-refractivity contribution in [1.29, 1.82) is 0 Å². The van der Waals surface area contributed by atoms with E-state index >= 15 is 0 Å². The molecule has 0 aliphatic heterocycles. The molecule has 1 rings (SSSR count). The van der Waals surface area contributed by atoms with E-state index in [0.29, 0.717) is 3.58 Å². The molecule has 22 heavy (non-hydrogen) atoms. The topological polar surface area (TPSA) is 0 Å². The van der Waals surface area contributed by atoms with Crippen LogP contribution in [-0.2, 0) is 0 Å². The summed E-state index contributed by atoms with van der Waals surface area (Å²) < 4.78 is 45.2. The van der Waals surface area contributed by atoms with Gasteiger partial charge >= 0.3 is 137 Å². The van der Waals surface area contributed by atoms with Crippen LogP contribution in [0.5, 0.6) is 0 Å². The second kappa shape index (κ2) is 9.84. The van der Waals surface area contributed by atoms with Crippen LogP contribution in [0, 0.1) is 17.5 Å². The van der Waals surface area contributed by atoms with Crippen LogP contribution in [0.25, 0.3) is 0 Å². The Balaban J connectivity index is 3.27. The van der Waals surface area contributed by atoms with E-state index in [4.69, 9.17) is 0 Å². The SMILES string of the molecule is CCC[CH2][Sn]([CH2]CCC)([CH2]CCC)[c]1cc(F)c(F)cc1F. The molecular weight excluding hydrogens is 392 g/mol. The summed E-state index contributed by atoms with van der Waals surface area (Å²) in [5, 5.41) is 0. The molecule has 0 unspecified atom stereocenters. The van der Waals surface area contributed by atoms with Crippen molar-refractivity contribution in [2.75, 3.05) is 0 Å². The third kappa shape index (κ3) is 5.17. The Morgan fingerprint density at radius 3 is 1.50 bits per heavy atom. The molecule has 0 aromatic heterocycles. The Kier molecular flexibility index (Phi) is 8.88. The number of halogens is 3. The minimum atomic E-state index is -3.01. The Bertz CT molecular complexity index is 438. The minimum absolute atomic E-state index is 0.502. The van der Waals surface area contributed by atoms with Crippen molar-refractivity contribution in [3.05, 3.63) is 29.6 Å². The van der Waals surface area contributed by atoms with Gasteiger partial charge in [-0.25, -0.2) is 0 Å². The van der Waals surface area contributed by atoms with E-state index in [2.05, 4.69) is 20.8 Å². The Morgan fingerprint density at radius 2 is 1.09 bits per heavy atom. The molecular formula is C18H29F3Sn. The molecule has 0 aliphatic carbocycles. The maximum absolute atomic E-state index is 14.5. The molecule has 0 heterocycles. The van der Waals surface area contributed by atoms with Gasteiger partial charge < -0.3 is 0 Å². The summed E-state index contributed by atoms with van der Waals surface area (Å²) in [5.74, 6) is -2.46. The van der Waals surface area contributed by atoms with E-state index in [0.717, 1.165) is 57.9 Å². The van der Waals surface area contributed by atoms with E-state index in [1.54, 1.807) is 0 Å². The summed E-state index contributed by atoms with van der Waals surface area (Å²) in [6.45, 7) is 6.41. The van der Waals surface area contributed by atoms with E-state index in [-0.39, 0.29) is 0 Å². The first-order chi connectivity index (χ1) is 10.5. The van der Waals surface area contributed by atoms with Crippen LogP contribution in [0.15, 0.2) is 12.1 Å². The fraction of sp³-hybridized carbons (Fsp3) is 0.667. The fourth-order valence-electron chi connectivity index (χ4n) is 3.25. The predicted molar refractivity (Wildman–Crippen MR) is 90.8 cm³/mol. The molecule has 0 nitrogen and oxygen atoms in total. The number of benzene rings is 1. The molecule has 0 saturated heterocycles. The van der Waals surface area contributed by atoms with Crippen LogP contribution in [-0.4, -0.2) is 18.4 Å². The third-order valence-corrected chi connectivity index (χ3v) is 20.2. The number of hydrogen-bond donors (Lipinski definition) is 0. The molecule has 0 N–H and O–H groups in total. The summed E-state index contributed by atoms with van der Waals surface area (Å²) in [6.07, 6.45) is 6.43. The van der Waals surface area contributed by atoms with Gasteiger partial charge in [-0.05, 0) is 0 Å².